The minimum absolute atomic E-state index is 0.0720. The van der Waals surface area contributed by atoms with E-state index in [1.807, 2.05) is 0 Å². The van der Waals surface area contributed by atoms with Crippen molar-refractivity contribution >= 4 is 17.8 Å². The predicted octanol–water partition coefficient (Wildman–Crippen LogP) is -1.08. The van der Waals surface area contributed by atoms with Crippen LogP contribution in [0.4, 0.5) is 0 Å². The first kappa shape index (κ1) is 14.4. The van der Waals surface area contributed by atoms with Crippen LogP contribution in [0.1, 0.15) is 26.2 Å². The maximum Gasteiger partial charge on any atom is 0.305 e. The van der Waals surface area contributed by atoms with Gasteiger partial charge >= 0.3 is 5.97 Å². The molecular weight excluding hydrogens is 238 g/mol. The van der Waals surface area contributed by atoms with Gasteiger partial charge in [-0.05, 0) is 12.8 Å². The van der Waals surface area contributed by atoms with Crippen molar-refractivity contribution in [2.75, 3.05) is 13.1 Å². The lowest BCUT2D eigenvalue weighted by Gasteiger charge is -2.34. The first-order chi connectivity index (χ1) is 8.40. The van der Waals surface area contributed by atoms with E-state index in [4.69, 9.17) is 10.8 Å². The highest BCUT2D eigenvalue weighted by atomic mass is 16.4. The van der Waals surface area contributed by atoms with E-state index < -0.39 is 12.0 Å². The number of hydrogen-bond donors (Lipinski definition) is 3. The highest BCUT2D eigenvalue weighted by molar-refractivity contribution is 5.86. The Balaban J connectivity index is 2.52. The highest BCUT2D eigenvalue weighted by Crippen LogP contribution is 2.11. The van der Waals surface area contributed by atoms with E-state index in [0.717, 1.165) is 12.8 Å². The van der Waals surface area contributed by atoms with E-state index in [0.29, 0.717) is 13.1 Å². The molecule has 18 heavy (non-hydrogen) atoms. The molecule has 0 aliphatic carbocycles. The van der Waals surface area contributed by atoms with E-state index >= 15 is 0 Å². The van der Waals surface area contributed by atoms with Crippen molar-refractivity contribution in [3.8, 4) is 0 Å². The molecule has 0 bridgehead atoms. The summed E-state index contributed by atoms with van der Waals surface area (Å²) in [4.78, 5) is 34.9. The van der Waals surface area contributed by atoms with Crippen LogP contribution in [0.15, 0.2) is 0 Å². The lowest BCUT2D eigenvalue weighted by Crippen LogP contribution is -2.53. The Morgan fingerprint density at radius 1 is 1.50 bits per heavy atom. The van der Waals surface area contributed by atoms with E-state index in [-0.39, 0.29) is 24.3 Å². The number of aliphatic carboxylic acids is 1. The van der Waals surface area contributed by atoms with Crippen LogP contribution in [-0.2, 0) is 14.4 Å². The third-order valence-electron chi connectivity index (χ3n) is 2.85. The number of rotatable bonds is 4. The maximum atomic E-state index is 11.9. The number of amides is 2. The van der Waals surface area contributed by atoms with Crippen LogP contribution in [0.25, 0.3) is 0 Å². The quantitative estimate of drug-likeness (QED) is 0.592. The highest BCUT2D eigenvalue weighted by Gasteiger charge is 2.28. The molecule has 1 heterocycles. The van der Waals surface area contributed by atoms with E-state index in [1.165, 1.54) is 11.8 Å². The number of likely N-dealkylation sites (tertiary alicyclic amines) is 1. The number of carboxylic acid groups (broad SMARTS) is 1. The largest absolute Gasteiger partial charge is 0.481 e. The smallest absolute Gasteiger partial charge is 0.305 e. The van der Waals surface area contributed by atoms with Crippen molar-refractivity contribution in [2.45, 2.75) is 38.3 Å². The van der Waals surface area contributed by atoms with Crippen molar-refractivity contribution in [1.82, 2.24) is 10.2 Å². The van der Waals surface area contributed by atoms with Crippen LogP contribution < -0.4 is 11.1 Å². The summed E-state index contributed by atoms with van der Waals surface area (Å²) in [7, 11) is 0. The molecule has 2 atom stereocenters. The van der Waals surface area contributed by atoms with Crippen molar-refractivity contribution in [2.24, 2.45) is 5.73 Å². The Labute approximate surface area is 105 Å². The third-order valence-corrected chi connectivity index (χ3v) is 2.85. The molecular formula is C11H19N3O4. The number of nitrogens with zero attached hydrogens (tertiary/aromatic N) is 1. The van der Waals surface area contributed by atoms with Crippen LogP contribution in [0, 0.1) is 0 Å². The molecule has 0 aromatic heterocycles. The fraction of sp³-hybridized carbons (Fsp3) is 0.727. The molecule has 1 saturated heterocycles. The molecule has 0 radical (unpaired) electrons. The first-order valence-electron chi connectivity index (χ1n) is 5.93. The number of nitrogens with two attached hydrogens (primary N) is 1. The van der Waals surface area contributed by atoms with Gasteiger partial charge in [-0.1, -0.05) is 0 Å². The summed E-state index contributed by atoms with van der Waals surface area (Å²) in [6.07, 6.45) is 1.22. The molecule has 0 aromatic carbocycles. The van der Waals surface area contributed by atoms with Crippen LogP contribution in [0.2, 0.25) is 0 Å². The standard InChI is InChI=1S/C11H19N3O4/c1-7(15)13-8-3-2-4-14(6-8)11(18)9(12)5-10(16)17/h8-9H,2-6,12H2,1H3,(H,13,15)(H,16,17). The first-order valence-corrected chi connectivity index (χ1v) is 5.93. The van der Waals surface area contributed by atoms with E-state index in [2.05, 4.69) is 5.32 Å². The molecule has 0 spiro atoms. The van der Waals surface area contributed by atoms with Crippen molar-refractivity contribution in [3.05, 3.63) is 0 Å². The number of carbonyl (C=O) groups is 3. The van der Waals surface area contributed by atoms with Gasteiger partial charge in [0.1, 0.15) is 0 Å². The minimum atomic E-state index is -1.09. The van der Waals surface area contributed by atoms with Gasteiger partial charge in [0.2, 0.25) is 11.8 Å². The summed E-state index contributed by atoms with van der Waals surface area (Å²) in [5.74, 6) is -1.59. The van der Waals surface area contributed by atoms with Crippen LogP contribution in [0.5, 0.6) is 0 Å². The number of carboxylic acids is 1. The molecule has 0 aromatic rings. The average molecular weight is 257 g/mol. The molecule has 1 aliphatic heterocycles. The average Bonchev–Trinajstić information content (AvgIpc) is 2.26. The maximum absolute atomic E-state index is 11.9. The van der Waals surface area contributed by atoms with Gasteiger partial charge in [0.25, 0.3) is 0 Å². The fourth-order valence-electron chi connectivity index (χ4n) is 2.09. The number of piperidine rings is 1. The van der Waals surface area contributed by atoms with Gasteiger partial charge in [-0.2, -0.15) is 0 Å². The summed E-state index contributed by atoms with van der Waals surface area (Å²) in [6, 6.07) is -1.09. The lowest BCUT2D eigenvalue weighted by atomic mass is 10.0. The van der Waals surface area contributed by atoms with E-state index in [9.17, 15) is 14.4 Å². The Hall–Kier alpha value is -1.63. The van der Waals surface area contributed by atoms with Gasteiger partial charge in [-0.25, -0.2) is 0 Å². The van der Waals surface area contributed by atoms with Crippen LogP contribution in [-0.4, -0.2) is 53.0 Å². The van der Waals surface area contributed by atoms with Gasteiger partial charge < -0.3 is 21.1 Å². The van der Waals surface area contributed by atoms with Gasteiger partial charge in [0.15, 0.2) is 0 Å². The Morgan fingerprint density at radius 2 is 2.17 bits per heavy atom. The molecule has 7 nitrogen and oxygen atoms in total. The number of nitrogens with one attached hydrogen (secondary N) is 1. The van der Waals surface area contributed by atoms with Crippen LogP contribution >= 0.6 is 0 Å². The molecule has 1 aliphatic rings. The Bertz CT molecular complexity index is 345. The van der Waals surface area contributed by atoms with Crippen LogP contribution in [0.3, 0.4) is 0 Å². The topological polar surface area (TPSA) is 113 Å². The van der Waals surface area contributed by atoms with Gasteiger partial charge in [0, 0.05) is 26.1 Å². The molecule has 1 fully saturated rings. The van der Waals surface area contributed by atoms with E-state index in [1.54, 1.807) is 0 Å². The molecule has 1 rings (SSSR count). The summed E-state index contributed by atoms with van der Waals surface area (Å²) in [6.45, 7) is 2.38. The van der Waals surface area contributed by atoms with Gasteiger partial charge in [-0.15, -0.1) is 0 Å². The second-order valence-corrected chi connectivity index (χ2v) is 4.53. The van der Waals surface area contributed by atoms with Crippen molar-refractivity contribution in [3.63, 3.8) is 0 Å². The molecule has 102 valence electrons. The van der Waals surface area contributed by atoms with Gasteiger partial charge in [0.05, 0.1) is 12.5 Å². The number of hydrogen-bond acceptors (Lipinski definition) is 4. The summed E-state index contributed by atoms with van der Waals surface area (Å²) >= 11 is 0. The second-order valence-electron chi connectivity index (χ2n) is 4.53. The SMILES string of the molecule is CC(=O)NC1CCCN(C(=O)C(N)CC(=O)O)C1. The lowest BCUT2D eigenvalue weighted by molar-refractivity contribution is -0.142. The molecule has 4 N–H and O–H groups in total. The second kappa shape index (κ2) is 6.34. The molecule has 0 saturated carbocycles. The third kappa shape index (κ3) is 4.33. The summed E-state index contributed by atoms with van der Waals surface area (Å²) in [5, 5.41) is 11.4. The molecule has 2 unspecified atom stereocenters. The summed E-state index contributed by atoms with van der Waals surface area (Å²) < 4.78 is 0. The zero-order valence-electron chi connectivity index (χ0n) is 10.4. The molecule has 7 heteroatoms. The van der Waals surface area contributed by atoms with Crippen molar-refractivity contribution in [1.29, 1.82) is 0 Å². The Morgan fingerprint density at radius 3 is 2.72 bits per heavy atom. The monoisotopic (exact) mass is 257 g/mol. The molecule has 2 amide bonds. The normalized spacial score (nSPS) is 21.2. The fourth-order valence-corrected chi connectivity index (χ4v) is 2.09. The predicted molar refractivity (Wildman–Crippen MR) is 63.6 cm³/mol. The minimum Gasteiger partial charge on any atom is -0.481 e. The zero-order valence-corrected chi connectivity index (χ0v) is 10.4. The zero-order chi connectivity index (χ0) is 13.7. The van der Waals surface area contributed by atoms with Crippen molar-refractivity contribution < 1.29 is 19.5 Å². The summed E-state index contributed by atoms with van der Waals surface area (Å²) in [5.41, 5.74) is 5.54. The van der Waals surface area contributed by atoms with Gasteiger partial charge in [-0.3, -0.25) is 14.4 Å². The Kier molecular flexibility index (Phi) is 5.08. The number of carbonyl (C=O) groups excluding carboxylic acids is 2.